The largest absolute Gasteiger partial charge is 0.355 e. The molecule has 0 spiro atoms. The van der Waals surface area contributed by atoms with Gasteiger partial charge in [0.25, 0.3) is 5.56 Å². The summed E-state index contributed by atoms with van der Waals surface area (Å²) in [4.78, 5) is 28.1. The van der Waals surface area contributed by atoms with Gasteiger partial charge in [-0.2, -0.15) is 5.10 Å². The van der Waals surface area contributed by atoms with Crippen LogP contribution in [0.5, 0.6) is 0 Å². The quantitative estimate of drug-likeness (QED) is 0.745. The molecule has 0 saturated carbocycles. The van der Waals surface area contributed by atoms with Crippen molar-refractivity contribution in [3.63, 3.8) is 0 Å². The first-order valence-corrected chi connectivity index (χ1v) is 8.85. The summed E-state index contributed by atoms with van der Waals surface area (Å²) in [7, 11) is 1.90. The SMILES string of the molecule is Cc1cc(-c2ccc(C3(C)CCCNC3=O)c(=O)[nH]2)cc2c1cnn2C. The third kappa shape index (κ3) is 2.44. The van der Waals surface area contributed by atoms with Gasteiger partial charge < -0.3 is 10.3 Å². The number of pyridine rings is 1. The molecule has 134 valence electrons. The Morgan fingerprint density at radius 3 is 2.77 bits per heavy atom. The van der Waals surface area contributed by atoms with Gasteiger partial charge in [-0.05, 0) is 50.5 Å². The molecule has 4 rings (SSSR count). The lowest BCUT2D eigenvalue weighted by Gasteiger charge is -2.32. The van der Waals surface area contributed by atoms with Crippen molar-refractivity contribution >= 4 is 16.8 Å². The van der Waals surface area contributed by atoms with Crippen LogP contribution in [0, 0.1) is 6.92 Å². The van der Waals surface area contributed by atoms with E-state index in [-0.39, 0.29) is 11.5 Å². The number of hydrogen-bond acceptors (Lipinski definition) is 3. The lowest BCUT2D eigenvalue weighted by atomic mass is 9.76. The smallest absolute Gasteiger partial charge is 0.252 e. The number of benzene rings is 1. The molecule has 1 saturated heterocycles. The van der Waals surface area contributed by atoms with E-state index in [0.29, 0.717) is 18.5 Å². The third-order valence-electron chi connectivity index (χ3n) is 5.53. The van der Waals surface area contributed by atoms with Gasteiger partial charge in [-0.3, -0.25) is 14.3 Å². The molecule has 6 nitrogen and oxygen atoms in total. The Labute approximate surface area is 151 Å². The second kappa shape index (κ2) is 5.83. The van der Waals surface area contributed by atoms with E-state index in [1.165, 1.54) is 0 Å². The number of nitrogens with one attached hydrogen (secondary N) is 2. The lowest BCUT2D eigenvalue weighted by Crippen LogP contribution is -2.49. The zero-order valence-electron chi connectivity index (χ0n) is 15.2. The average Bonchev–Trinajstić information content (AvgIpc) is 2.99. The molecule has 1 unspecified atom stereocenters. The highest BCUT2D eigenvalue weighted by Crippen LogP contribution is 2.31. The van der Waals surface area contributed by atoms with Gasteiger partial charge in [-0.1, -0.05) is 6.07 Å². The van der Waals surface area contributed by atoms with Crippen molar-refractivity contribution in [1.82, 2.24) is 20.1 Å². The number of piperidine rings is 1. The highest BCUT2D eigenvalue weighted by molar-refractivity contribution is 5.89. The zero-order chi connectivity index (χ0) is 18.5. The number of aryl methyl sites for hydroxylation is 2. The van der Waals surface area contributed by atoms with E-state index in [1.54, 1.807) is 6.07 Å². The molecule has 3 aromatic rings. The molecule has 26 heavy (non-hydrogen) atoms. The molecule has 2 aromatic heterocycles. The number of fused-ring (bicyclic) bond motifs is 1. The van der Waals surface area contributed by atoms with Crippen molar-refractivity contribution < 1.29 is 4.79 Å². The predicted molar refractivity (Wildman–Crippen MR) is 101 cm³/mol. The summed E-state index contributed by atoms with van der Waals surface area (Å²) in [6.07, 6.45) is 3.41. The molecule has 0 radical (unpaired) electrons. The highest BCUT2D eigenvalue weighted by Gasteiger charge is 2.39. The van der Waals surface area contributed by atoms with E-state index in [4.69, 9.17) is 0 Å². The molecule has 1 aromatic carbocycles. The number of amides is 1. The maximum atomic E-state index is 12.8. The average molecular weight is 350 g/mol. The van der Waals surface area contributed by atoms with Gasteiger partial charge in [0.05, 0.1) is 17.1 Å². The van der Waals surface area contributed by atoms with E-state index in [2.05, 4.69) is 15.4 Å². The normalized spacial score (nSPS) is 20.3. The minimum Gasteiger partial charge on any atom is -0.355 e. The van der Waals surface area contributed by atoms with Gasteiger partial charge in [0.1, 0.15) is 0 Å². The highest BCUT2D eigenvalue weighted by atomic mass is 16.2. The first-order chi connectivity index (χ1) is 12.4. The van der Waals surface area contributed by atoms with Crippen LogP contribution in [0.25, 0.3) is 22.2 Å². The summed E-state index contributed by atoms with van der Waals surface area (Å²) in [5.41, 5.74) is 3.34. The lowest BCUT2D eigenvalue weighted by molar-refractivity contribution is -0.128. The molecule has 1 fully saturated rings. The molecular formula is C20H22N4O2. The molecule has 3 heterocycles. The number of aromatic nitrogens is 3. The van der Waals surface area contributed by atoms with Crippen LogP contribution in [0.3, 0.4) is 0 Å². The molecule has 6 heteroatoms. The van der Waals surface area contributed by atoms with Crippen molar-refractivity contribution in [2.75, 3.05) is 6.54 Å². The van der Waals surface area contributed by atoms with Crippen molar-refractivity contribution in [3.8, 4) is 11.3 Å². The number of aromatic amines is 1. The Hall–Kier alpha value is -2.89. The van der Waals surface area contributed by atoms with E-state index in [9.17, 15) is 9.59 Å². The van der Waals surface area contributed by atoms with Crippen molar-refractivity contribution in [1.29, 1.82) is 0 Å². The fourth-order valence-electron chi connectivity index (χ4n) is 3.86. The number of H-pyrrole nitrogens is 1. The van der Waals surface area contributed by atoms with Gasteiger partial charge in [-0.15, -0.1) is 0 Å². The number of hydrogen-bond donors (Lipinski definition) is 2. The standard InChI is InChI=1S/C20H22N4O2/c1-12-9-13(10-17-14(12)11-22-24(17)3)16-6-5-15(18(25)23-16)20(2)7-4-8-21-19(20)26/h5-6,9-11H,4,7-8H2,1-3H3,(H,21,26)(H,23,25). The van der Waals surface area contributed by atoms with E-state index in [0.717, 1.165) is 34.1 Å². The second-order valence-corrected chi connectivity index (χ2v) is 7.30. The minimum atomic E-state index is -0.772. The molecule has 0 bridgehead atoms. The molecule has 1 aliphatic rings. The number of carbonyl (C=O) groups is 1. The van der Waals surface area contributed by atoms with E-state index in [1.807, 2.05) is 50.0 Å². The van der Waals surface area contributed by atoms with Crippen LogP contribution < -0.4 is 10.9 Å². The fourth-order valence-corrected chi connectivity index (χ4v) is 3.86. The second-order valence-electron chi connectivity index (χ2n) is 7.30. The summed E-state index contributed by atoms with van der Waals surface area (Å²) in [5.74, 6) is -0.0749. The summed E-state index contributed by atoms with van der Waals surface area (Å²) >= 11 is 0. The van der Waals surface area contributed by atoms with E-state index < -0.39 is 5.41 Å². The summed E-state index contributed by atoms with van der Waals surface area (Å²) in [5, 5.41) is 8.27. The Balaban J connectivity index is 1.80. The minimum absolute atomic E-state index is 0.0749. The first-order valence-electron chi connectivity index (χ1n) is 8.85. The monoisotopic (exact) mass is 350 g/mol. The van der Waals surface area contributed by atoms with Crippen LogP contribution in [-0.2, 0) is 17.3 Å². The fraction of sp³-hybridized carbons (Fsp3) is 0.350. The Kier molecular flexibility index (Phi) is 3.72. The molecule has 1 amide bonds. The van der Waals surface area contributed by atoms with Gasteiger partial charge in [0, 0.05) is 35.8 Å². The van der Waals surface area contributed by atoms with Crippen LogP contribution in [0.2, 0.25) is 0 Å². The molecule has 1 atom stereocenters. The van der Waals surface area contributed by atoms with Crippen molar-refractivity contribution in [3.05, 3.63) is 51.9 Å². The maximum Gasteiger partial charge on any atom is 0.252 e. The van der Waals surface area contributed by atoms with Crippen LogP contribution in [0.15, 0.2) is 35.3 Å². The van der Waals surface area contributed by atoms with Gasteiger partial charge in [0.15, 0.2) is 0 Å². The van der Waals surface area contributed by atoms with Crippen LogP contribution in [0.4, 0.5) is 0 Å². The Morgan fingerprint density at radius 1 is 1.23 bits per heavy atom. The maximum absolute atomic E-state index is 12.8. The summed E-state index contributed by atoms with van der Waals surface area (Å²) in [6, 6.07) is 7.75. The summed E-state index contributed by atoms with van der Waals surface area (Å²) in [6.45, 7) is 4.55. The van der Waals surface area contributed by atoms with Crippen molar-refractivity contribution in [2.24, 2.45) is 7.05 Å². The Morgan fingerprint density at radius 2 is 2.04 bits per heavy atom. The van der Waals surface area contributed by atoms with Gasteiger partial charge >= 0.3 is 0 Å². The molecule has 1 aliphatic heterocycles. The van der Waals surface area contributed by atoms with Crippen molar-refractivity contribution in [2.45, 2.75) is 32.1 Å². The molecule has 0 aliphatic carbocycles. The number of rotatable bonds is 2. The van der Waals surface area contributed by atoms with Gasteiger partial charge in [-0.25, -0.2) is 0 Å². The predicted octanol–water partition coefficient (Wildman–Crippen LogP) is 2.40. The molecular weight excluding hydrogens is 328 g/mol. The zero-order valence-corrected chi connectivity index (χ0v) is 15.2. The summed E-state index contributed by atoms with van der Waals surface area (Å²) < 4.78 is 1.83. The Bertz CT molecular complexity index is 1080. The van der Waals surface area contributed by atoms with Crippen LogP contribution in [-0.4, -0.2) is 27.2 Å². The number of nitrogens with zero attached hydrogens (tertiary/aromatic N) is 2. The molecule has 2 N–H and O–H groups in total. The van der Waals surface area contributed by atoms with Crippen LogP contribution in [0.1, 0.15) is 30.9 Å². The van der Waals surface area contributed by atoms with Gasteiger partial charge in [0.2, 0.25) is 5.91 Å². The topological polar surface area (TPSA) is 79.8 Å². The third-order valence-corrected chi connectivity index (χ3v) is 5.53. The van der Waals surface area contributed by atoms with E-state index >= 15 is 0 Å². The van der Waals surface area contributed by atoms with Crippen LogP contribution >= 0.6 is 0 Å². The number of carbonyl (C=O) groups excluding carboxylic acids is 1. The first kappa shape index (κ1) is 16.6.